The van der Waals surface area contributed by atoms with Gasteiger partial charge in [-0.25, -0.2) is 0 Å². The molecule has 20 heavy (non-hydrogen) atoms. The lowest BCUT2D eigenvalue weighted by atomic mass is 9.92. The first kappa shape index (κ1) is 16.0. The zero-order chi connectivity index (χ0) is 14.4. The second-order valence-electron chi connectivity index (χ2n) is 6.41. The van der Waals surface area contributed by atoms with E-state index < -0.39 is 0 Å². The van der Waals surface area contributed by atoms with Crippen molar-refractivity contribution < 1.29 is 0 Å². The molecule has 2 rings (SSSR count). The van der Waals surface area contributed by atoms with Gasteiger partial charge in [-0.15, -0.1) is 11.3 Å². The molecule has 0 bridgehead atoms. The standard InChI is InChI=1S/C17H30N2S/c1-4-5-15-8-10-19(11-9-15)13-17-7-6-16(20-17)12-18-14(2)3/h6-7,14-15,18H,4-5,8-13H2,1-3H3. The number of hydrogen-bond donors (Lipinski definition) is 1. The maximum absolute atomic E-state index is 3.50. The molecular formula is C17H30N2S. The summed E-state index contributed by atoms with van der Waals surface area (Å²) in [6.07, 6.45) is 5.58. The number of piperidine rings is 1. The molecule has 0 aliphatic carbocycles. The van der Waals surface area contributed by atoms with Crippen molar-refractivity contribution in [3.63, 3.8) is 0 Å². The van der Waals surface area contributed by atoms with Gasteiger partial charge < -0.3 is 5.32 Å². The van der Waals surface area contributed by atoms with E-state index in [1.54, 1.807) is 0 Å². The summed E-state index contributed by atoms with van der Waals surface area (Å²) in [5, 5.41) is 3.50. The Labute approximate surface area is 128 Å². The van der Waals surface area contributed by atoms with Crippen LogP contribution in [0.3, 0.4) is 0 Å². The molecule has 1 aromatic heterocycles. The van der Waals surface area contributed by atoms with E-state index in [0.717, 1.165) is 19.0 Å². The normalized spacial score (nSPS) is 18.0. The van der Waals surface area contributed by atoms with Gasteiger partial charge in [-0.05, 0) is 44.0 Å². The highest BCUT2D eigenvalue weighted by Crippen LogP contribution is 2.25. The van der Waals surface area contributed by atoms with Crippen LogP contribution in [0.4, 0.5) is 0 Å². The summed E-state index contributed by atoms with van der Waals surface area (Å²) in [4.78, 5) is 5.63. The Morgan fingerprint density at radius 2 is 1.95 bits per heavy atom. The van der Waals surface area contributed by atoms with Crippen molar-refractivity contribution in [3.05, 3.63) is 21.9 Å². The maximum atomic E-state index is 3.50. The van der Waals surface area contributed by atoms with Crippen LogP contribution in [0, 0.1) is 5.92 Å². The van der Waals surface area contributed by atoms with Gasteiger partial charge in [-0.1, -0.05) is 33.6 Å². The lowest BCUT2D eigenvalue weighted by Gasteiger charge is -2.31. The minimum Gasteiger partial charge on any atom is -0.310 e. The fourth-order valence-electron chi connectivity index (χ4n) is 2.97. The fraction of sp³-hybridized carbons (Fsp3) is 0.765. The van der Waals surface area contributed by atoms with Gasteiger partial charge in [0.25, 0.3) is 0 Å². The van der Waals surface area contributed by atoms with E-state index in [9.17, 15) is 0 Å². The Hall–Kier alpha value is -0.380. The quantitative estimate of drug-likeness (QED) is 0.808. The molecule has 0 amide bonds. The van der Waals surface area contributed by atoms with E-state index >= 15 is 0 Å². The average molecular weight is 295 g/mol. The molecule has 1 aromatic rings. The van der Waals surface area contributed by atoms with Crippen LogP contribution in [-0.2, 0) is 13.1 Å². The predicted molar refractivity (Wildman–Crippen MR) is 89.2 cm³/mol. The van der Waals surface area contributed by atoms with Gasteiger partial charge in [-0.2, -0.15) is 0 Å². The van der Waals surface area contributed by atoms with Gasteiger partial charge in [0.2, 0.25) is 0 Å². The third-order valence-corrected chi connectivity index (χ3v) is 5.26. The first-order chi connectivity index (χ1) is 9.67. The third kappa shape index (κ3) is 5.19. The minimum absolute atomic E-state index is 0.568. The first-order valence-electron chi connectivity index (χ1n) is 8.20. The lowest BCUT2D eigenvalue weighted by Crippen LogP contribution is -2.32. The van der Waals surface area contributed by atoms with Crippen LogP contribution in [-0.4, -0.2) is 24.0 Å². The highest BCUT2D eigenvalue weighted by molar-refractivity contribution is 7.11. The van der Waals surface area contributed by atoms with Gasteiger partial charge >= 0.3 is 0 Å². The topological polar surface area (TPSA) is 15.3 Å². The number of likely N-dealkylation sites (tertiary alicyclic amines) is 1. The number of thiophene rings is 1. The Morgan fingerprint density at radius 1 is 1.25 bits per heavy atom. The number of nitrogens with zero attached hydrogens (tertiary/aromatic N) is 1. The summed E-state index contributed by atoms with van der Waals surface area (Å²) in [6, 6.07) is 5.18. The van der Waals surface area contributed by atoms with Crippen molar-refractivity contribution in [2.75, 3.05) is 13.1 Å². The molecule has 1 aliphatic heterocycles. The number of hydrogen-bond acceptors (Lipinski definition) is 3. The van der Waals surface area contributed by atoms with E-state index in [-0.39, 0.29) is 0 Å². The van der Waals surface area contributed by atoms with Crippen LogP contribution in [0.2, 0.25) is 0 Å². The maximum Gasteiger partial charge on any atom is 0.0328 e. The average Bonchev–Trinajstić information content (AvgIpc) is 2.87. The van der Waals surface area contributed by atoms with Crippen molar-refractivity contribution in [2.24, 2.45) is 5.92 Å². The van der Waals surface area contributed by atoms with Crippen LogP contribution in [0.5, 0.6) is 0 Å². The van der Waals surface area contributed by atoms with Gasteiger partial charge in [-0.3, -0.25) is 4.90 Å². The van der Waals surface area contributed by atoms with Gasteiger partial charge in [0.15, 0.2) is 0 Å². The van der Waals surface area contributed by atoms with Gasteiger partial charge in [0.1, 0.15) is 0 Å². The Balaban J connectivity index is 1.74. The second kappa shape index (κ2) is 8.16. The van der Waals surface area contributed by atoms with Crippen molar-refractivity contribution in [1.29, 1.82) is 0 Å². The molecule has 1 fully saturated rings. The molecule has 0 atom stereocenters. The molecule has 0 saturated carbocycles. The molecule has 3 heteroatoms. The molecule has 1 aliphatic rings. The third-order valence-electron chi connectivity index (χ3n) is 4.19. The van der Waals surface area contributed by atoms with Gasteiger partial charge in [0, 0.05) is 28.9 Å². The largest absolute Gasteiger partial charge is 0.310 e. The van der Waals surface area contributed by atoms with Crippen molar-refractivity contribution in [1.82, 2.24) is 10.2 Å². The SMILES string of the molecule is CCCC1CCN(Cc2ccc(CNC(C)C)s2)CC1. The van der Waals surface area contributed by atoms with Crippen LogP contribution in [0.1, 0.15) is 56.2 Å². The molecule has 2 heterocycles. The zero-order valence-electron chi connectivity index (χ0n) is 13.3. The molecular weight excluding hydrogens is 264 g/mol. The summed E-state index contributed by atoms with van der Waals surface area (Å²) < 4.78 is 0. The number of rotatable bonds is 7. The van der Waals surface area contributed by atoms with E-state index in [1.807, 2.05) is 11.3 Å². The molecule has 1 saturated heterocycles. The molecule has 0 unspecified atom stereocenters. The highest BCUT2D eigenvalue weighted by Gasteiger charge is 2.18. The van der Waals surface area contributed by atoms with Crippen molar-refractivity contribution in [3.8, 4) is 0 Å². The molecule has 0 aromatic carbocycles. The molecule has 2 nitrogen and oxygen atoms in total. The zero-order valence-corrected chi connectivity index (χ0v) is 14.1. The van der Waals surface area contributed by atoms with E-state index in [4.69, 9.17) is 0 Å². The fourth-order valence-corrected chi connectivity index (χ4v) is 3.98. The molecule has 0 spiro atoms. The Kier molecular flexibility index (Phi) is 6.53. The monoisotopic (exact) mass is 294 g/mol. The molecule has 0 radical (unpaired) electrons. The summed E-state index contributed by atoms with van der Waals surface area (Å²) in [7, 11) is 0. The first-order valence-corrected chi connectivity index (χ1v) is 9.02. The van der Waals surface area contributed by atoms with Crippen LogP contribution >= 0.6 is 11.3 Å². The van der Waals surface area contributed by atoms with Crippen LogP contribution in [0.15, 0.2) is 12.1 Å². The minimum atomic E-state index is 0.568. The molecule has 114 valence electrons. The summed E-state index contributed by atoms with van der Waals surface area (Å²) in [6.45, 7) is 11.5. The summed E-state index contributed by atoms with van der Waals surface area (Å²) >= 11 is 1.98. The van der Waals surface area contributed by atoms with E-state index in [1.165, 1.54) is 48.5 Å². The van der Waals surface area contributed by atoms with Gasteiger partial charge in [0.05, 0.1) is 0 Å². The van der Waals surface area contributed by atoms with Crippen LogP contribution < -0.4 is 5.32 Å². The molecule has 1 N–H and O–H groups in total. The lowest BCUT2D eigenvalue weighted by molar-refractivity contribution is 0.173. The Bertz CT molecular complexity index is 378. The highest BCUT2D eigenvalue weighted by atomic mass is 32.1. The Morgan fingerprint density at radius 3 is 2.60 bits per heavy atom. The van der Waals surface area contributed by atoms with Crippen LogP contribution in [0.25, 0.3) is 0 Å². The smallest absolute Gasteiger partial charge is 0.0328 e. The van der Waals surface area contributed by atoms with Crippen molar-refractivity contribution in [2.45, 2.75) is 65.6 Å². The van der Waals surface area contributed by atoms with Crippen molar-refractivity contribution >= 4 is 11.3 Å². The summed E-state index contributed by atoms with van der Waals surface area (Å²) in [5.74, 6) is 0.991. The number of nitrogens with one attached hydrogen (secondary N) is 1. The second-order valence-corrected chi connectivity index (χ2v) is 7.66. The van der Waals surface area contributed by atoms with E-state index in [0.29, 0.717) is 6.04 Å². The summed E-state index contributed by atoms with van der Waals surface area (Å²) in [5.41, 5.74) is 0. The predicted octanol–water partition coefficient (Wildman–Crippen LogP) is 4.26. The van der Waals surface area contributed by atoms with E-state index in [2.05, 4.69) is 43.1 Å².